The van der Waals surface area contributed by atoms with Gasteiger partial charge >= 0.3 is 5.88 Å². The zero-order chi connectivity index (χ0) is 13.8. The molecule has 0 atom stereocenters. The zero-order valence-corrected chi connectivity index (χ0v) is 9.55. The molecular formula is C12H8N2O5. The van der Waals surface area contributed by atoms with E-state index in [0.717, 1.165) is 5.56 Å². The van der Waals surface area contributed by atoms with Crippen molar-refractivity contribution in [1.82, 2.24) is 0 Å². The van der Waals surface area contributed by atoms with E-state index < -0.39 is 9.85 Å². The number of hydrogen-bond acceptors (Lipinski definition) is 5. The molecule has 2 aromatic rings. The highest BCUT2D eigenvalue weighted by atomic mass is 16.6. The van der Waals surface area contributed by atoms with E-state index in [9.17, 15) is 20.2 Å². The third-order valence-electron chi connectivity index (χ3n) is 2.36. The Morgan fingerprint density at radius 1 is 0.947 bits per heavy atom. The normalized spacial score (nSPS) is 10.7. The summed E-state index contributed by atoms with van der Waals surface area (Å²) in [5.41, 5.74) is 1.30. The molecule has 0 aliphatic carbocycles. The minimum atomic E-state index is -0.622. The van der Waals surface area contributed by atoms with Crippen LogP contribution in [0.25, 0.3) is 12.2 Å². The molecule has 0 radical (unpaired) electrons. The summed E-state index contributed by atoms with van der Waals surface area (Å²) in [5, 5.41) is 20.9. The molecule has 96 valence electrons. The van der Waals surface area contributed by atoms with Gasteiger partial charge in [-0.25, -0.2) is 0 Å². The molecular weight excluding hydrogens is 252 g/mol. The van der Waals surface area contributed by atoms with E-state index in [-0.39, 0.29) is 11.6 Å². The summed E-state index contributed by atoms with van der Waals surface area (Å²) in [7, 11) is 0. The Bertz CT molecular complexity index is 642. The third kappa shape index (κ3) is 3.03. The molecule has 0 bridgehead atoms. The average Bonchev–Trinajstić information content (AvgIpc) is 2.86. The molecule has 0 unspecified atom stereocenters. The van der Waals surface area contributed by atoms with Gasteiger partial charge in [0.05, 0.1) is 11.0 Å². The van der Waals surface area contributed by atoms with Crippen molar-refractivity contribution in [3.63, 3.8) is 0 Å². The van der Waals surface area contributed by atoms with Crippen molar-refractivity contribution in [2.75, 3.05) is 0 Å². The quantitative estimate of drug-likeness (QED) is 0.620. The number of furan rings is 1. The number of hydrogen-bond donors (Lipinski definition) is 0. The van der Waals surface area contributed by atoms with E-state index in [1.54, 1.807) is 24.3 Å². The lowest BCUT2D eigenvalue weighted by molar-refractivity contribution is -0.402. The molecule has 19 heavy (non-hydrogen) atoms. The highest BCUT2D eigenvalue weighted by Crippen LogP contribution is 2.18. The van der Waals surface area contributed by atoms with Crippen LogP contribution < -0.4 is 0 Å². The molecule has 0 N–H and O–H groups in total. The van der Waals surface area contributed by atoms with Crippen molar-refractivity contribution in [1.29, 1.82) is 0 Å². The van der Waals surface area contributed by atoms with Gasteiger partial charge in [-0.1, -0.05) is 12.2 Å². The summed E-state index contributed by atoms with van der Waals surface area (Å²) in [6.45, 7) is 0. The molecule has 0 fully saturated rings. The van der Waals surface area contributed by atoms with Crippen LogP contribution in [0, 0.1) is 20.2 Å². The van der Waals surface area contributed by atoms with E-state index in [2.05, 4.69) is 0 Å². The maximum Gasteiger partial charge on any atom is 0.433 e. The Kier molecular flexibility index (Phi) is 3.37. The maximum atomic E-state index is 10.5. The lowest BCUT2D eigenvalue weighted by Crippen LogP contribution is -1.86. The van der Waals surface area contributed by atoms with Gasteiger partial charge in [0.25, 0.3) is 5.69 Å². The van der Waals surface area contributed by atoms with Crippen molar-refractivity contribution < 1.29 is 14.3 Å². The Labute approximate surface area is 107 Å². The zero-order valence-electron chi connectivity index (χ0n) is 9.55. The number of nitro groups is 2. The summed E-state index contributed by atoms with van der Waals surface area (Å²) in [4.78, 5) is 19.8. The number of nitrogens with zero attached hydrogens (tertiary/aromatic N) is 2. The van der Waals surface area contributed by atoms with Gasteiger partial charge in [-0.15, -0.1) is 0 Å². The molecule has 0 saturated carbocycles. The smallest absolute Gasteiger partial charge is 0.409 e. The van der Waals surface area contributed by atoms with E-state index in [1.165, 1.54) is 24.5 Å². The van der Waals surface area contributed by atoms with Crippen LogP contribution in [0.4, 0.5) is 11.6 Å². The van der Waals surface area contributed by atoms with Crippen LogP contribution in [0.1, 0.15) is 11.1 Å². The monoisotopic (exact) mass is 260 g/mol. The van der Waals surface area contributed by atoms with Crippen LogP contribution in [0.15, 0.2) is 41.0 Å². The topological polar surface area (TPSA) is 99.4 Å². The fourth-order valence-corrected chi connectivity index (χ4v) is 1.42. The third-order valence-corrected chi connectivity index (χ3v) is 2.36. The minimum absolute atomic E-state index is 0.0103. The standard InChI is InChI=1S/C12H8N2O5/c15-13(16)11-5-3-9(4-6-11)1-2-10-7-12(14(17)18)19-8-10/h1-8H/b2-1+. The van der Waals surface area contributed by atoms with Crippen LogP contribution in [-0.2, 0) is 0 Å². The summed E-state index contributed by atoms with van der Waals surface area (Å²) in [6, 6.07) is 7.24. The van der Waals surface area contributed by atoms with Gasteiger partial charge in [0.15, 0.2) is 0 Å². The Hall–Kier alpha value is -2.96. The second kappa shape index (κ2) is 5.13. The Balaban J connectivity index is 2.13. The second-order valence-electron chi connectivity index (χ2n) is 3.66. The first-order valence-electron chi connectivity index (χ1n) is 5.22. The highest BCUT2D eigenvalue weighted by Gasteiger charge is 2.10. The summed E-state index contributed by atoms with van der Waals surface area (Å²) in [5.74, 6) is -0.330. The first-order valence-corrected chi connectivity index (χ1v) is 5.22. The molecule has 1 heterocycles. The predicted octanol–water partition coefficient (Wildman–Crippen LogP) is 3.27. The molecule has 1 aromatic carbocycles. The average molecular weight is 260 g/mol. The summed E-state index contributed by atoms with van der Waals surface area (Å²) >= 11 is 0. The predicted molar refractivity (Wildman–Crippen MR) is 67.4 cm³/mol. The van der Waals surface area contributed by atoms with Gasteiger partial charge in [-0.05, 0) is 17.7 Å². The highest BCUT2D eigenvalue weighted by molar-refractivity contribution is 5.70. The molecule has 0 aliphatic rings. The van der Waals surface area contributed by atoms with Gasteiger partial charge < -0.3 is 4.42 Å². The molecule has 0 amide bonds. The summed E-state index contributed by atoms with van der Waals surface area (Å²) in [6.07, 6.45) is 4.57. The fraction of sp³-hybridized carbons (Fsp3) is 0. The molecule has 7 heteroatoms. The van der Waals surface area contributed by atoms with Gasteiger partial charge in [-0.3, -0.25) is 20.2 Å². The molecule has 7 nitrogen and oxygen atoms in total. The van der Waals surface area contributed by atoms with Crippen LogP contribution >= 0.6 is 0 Å². The van der Waals surface area contributed by atoms with E-state index in [1.807, 2.05) is 0 Å². The fourth-order valence-electron chi connectivity index (χ4n) is 1.42. The van der Waals surface area contributed by atoms with Crippen LogP contribution in [0.3, 0.4) is 0 Å². The van der Waals surface area contributed by atoms with Crippen LogP contribution in [-0.4, -0.2) is 9.85 Å². The van der Waals surface area contributed by atoms with Crippen molar-refractivity contribution in [2.24, 2.45) is 0 Å². The Morgan fingerprint density at radius 3 is 2.11 bits per heavy atom. The van der Waals surface area contributed by atoms with Crippen molar-refractivity contribution in [2.45, 2.75) is 0 Å². The Morgan fingerprint density at radius 2 is 1.58 bits per heavy atom. The second-order valence-corrected chi connectivity index (χ2v) is 3.66. The van der Waals surface area contributed by atoms with Gasteiger partial charge in [0.1, 0.15) is 11.2 Å². The van der Waals surface area contributed by atoms with Gasteiger partial charge in [0.2, 0.25) is 0 Å². The molecule has 1 aromatic heterocycles. The number of rotatable bonds is 4. The lowest BCUT2D eigenvalue weighted by atomic mass is 10.1. The minimum Gasteiger partial charge on any atom is -0.409 e. The van der Waals surface area contributed by atoms with Gasteiger partial charge in [-0.2, -0.15) is 0 Å². The van der Waals surface area contributed by atoms with E-state index in [4.69, 9.17) is 4.42 Å². The molecule has 0 aliphatic heterocycles. The SMILES string of the molecule is O=[N+]([O-])c1ccc(/C=C/c2coc([N+](=O)[O-])c2)cc1. The van der Waals surface area contributed by atoms with Crippen LogP contribution in [0.2, 0.25) is 0 Å². The first kappa shape index (κ1) is 12.5. The number of nitro benzene ring substituents is 1. The number of benzene rings is 1. The van der Waals surface area contributed by atoms with Crippen molar-refractivity contribution in [3.8, 4) is 0 Å². The van der Waals surface area contributed by atoms with Crippen molar-refractivity contribution >= 4 is 23.7 Å². The lowest BCUT2D eigenvalue weighted by Gasteiger charge is -1.92. The van der Waals surface area contributed by atoms with Crippen molar-refractivity contribution in [3.05, 3.63) is 68.0 Å². The van der Waals surface area contributed by atoms with Gasteiger partial charge in [0, 0.05) is 17.7 Å². The molecule has 2 rings (SSSR count). The molecule has 0 saturated heterocycles. The maximum absolute atomic E-state index is 10.5. The largest absolute Gasteiger partial charge is 0.433 e. The first-order chi connectivity index (χ1) is 9.06. The van der Waals surface area contributed by atoms with E-state index >= 15 is 0 Å². The van der Waals surface area contributed by atoms with Crippen LogP contribution in [0.5, 0.6) is 0 Å². The summed E-state index contributed by atoms with van der Waals surface area (Å²) < 4.78 is 4.73. The molecule has 0 spiro atoms. The number of non-ortho nitro benzene ring substituents is 1. The van der Waals surface area contributed by atoms with E-state index in [0.29, 0.717) is 5.56 Å².